The average molecular weight is 289 g/mol. The molecule has 5 nitrogen and oxygen atoms in total. The molecule has 0 heterocycles. The molecular formula is C12H20FN3O2S. The number of anilines is 1. The number of nitrogens with two attached hydrogens (primary N) is 2. The van der Waals surface area contributed by atoms with Crippen molar-refractivity contribution in [3.8, 4) is 0 Å². The Labute approximate surface area is 113 Å². The summed E-state index contributed by atoms with van der Waals surface area (Å²) in [5.41, 5.74) is 5.66. The summed E-state index contributed by atoms with van der Waals surface area (Å²) in [5.74, 6) is -0.617. The monoisotopic (exact) mass is 289 g/mol. The van der Waals surface area contributed by atoms with E-state index in [1.54, 1.807) is 0 Å². The summed E-state index contributed by atoms with van der Waals surface area (Å²) in [4.78, 5) is -0.224. The number of nitrogens with one attached hydrogen (secondary N) is 1. The molecule has 1 aromatic rings. The van der Waals surface area contributed by atoms with Gasteiger partial charge in [-0.15, -0.1) is 0 Å². The van der Waals surface area contributed by atoms with Crippen molar-refractivity contribution in [2.45, 2.75) is 30.6 Å². The van der Waals surface area contributed by atoms with Crippen molar-refractivity contribution >= 4 is 15.7 Å². The fourth-order valence-electron chi connectivity index (χ4n) is 1.66. The SMILES string of the molecule is NCCCCCCNc1ccc(S(N)(=O)=O)cc1F. The van der Waals surface area contributed by atoms with Crippen LogP contribution in [0.2, 0.25) is 0 Å². The molecule has 0 fully saturated rings. The number of benzene rings is 1. The van der Waals surface area contributed by atoms with E-state index in [0.717, 1.165) is 31.7 Å². The third-order valence-electron chi connectivity index (χ3n) is 2.72. The van der Waals surface area contributed by atoms with Gasteiger partial charge in [-0.1, -0.05) is 12.8 Å². The van der Waals surface area contributed by atoms with Gasteiger partial charge in [-0.05, 0) is 37.6 Å². The average Bonchev–Trinajstić information content (AvgIpc) is 2.34. The van der Waals surface area contributed by atoms with E-state index in [2.05, 4.69) is 5.32 Å². The Morgan fingerprint density at radius 2 is 1.84 bits per heavy atom. The normalized spacial score (nSPS) is 11.5. The highest BCUT2D eigenvalue weighted by Gasteiger charge is 2.11. The second kappa shape index (κ2) is 7.42. The van der Waals surface area contributed by atoms with Gasteiger partial charge in [0.2, 0.25) is 10.0 Å². The van der Waals surface area contributed by atoms with Gasteiger partial charge >= 0.3 is 0 Å². The molecule has 0 atom stereocenters. The van der Waals surface area contributed by atoms with Crippen LogP contribution in [-0.4, -0.2) is 21.5 Å². The zero-order valence-corrected chi connectivity index (χ0v) is 11.5. The van der Waals surface area contributed by atoms with E-state index < -0.39 is 15.8 Å². The number of sulfonamides is 1. The van der Waals surface area contributed by atoms with Gasteiger partial charge in [-0.25, -0.2) is 17.9 Å². The molecule has 7 heteroatoms. The lowest BCUT2D eigenvalue weighted by atomic mass is 10.2. The lowest BCUT2D eigenvalue weighted by molar-refractivity contribution is 0.592. The molecule has 0 aliphatic heterocycles. The second-order valence-electron chi connectivity index (χ2n) is 4.32. The third kappa shape index (κ3) is 5.54. The molecule has 0 aliphatic rings. The van der Waals surface area contributed by atoms with Gasteiger partial charge in [-0.3, -0.25) is 0 Å². The Balaban J connectivity index is 2.47. The summed E-state index contributed by atoms with van der Waals surface area (Å²) in [6.45, 7) is 1.33. The molecule has 0 aromatic heterocycles. The van der Waals surface area contributed by atoms with Crippen molar-refractivity contribution in [2.75, 3.05) is 18.4 Å². The molecule has 0 bridgehead atoms. The van der Waals surface area contributed by atoms with Crippen LogP contribution in [0.5, 0.6) is 0 Å². The van der Waals surface area contributed by atoms with Gasteiger partial charge in [-0.2, -0.15) is 0 Å². The first-order valence-electron chi connectivity index (χ1n) is 6.21. The van der Waals surface area contributed by atoms with Crippen molar-refractivity contribution in [1.29, 1.82) is 0 Å². The van der Waals surface area contributed by atoms with Gasteiger partial charge in [0.25, 0.3) is 0 Å². The largest absolute Gasteiger partial charge is 0.383 e. The van der Waals surface area contributed by atoms with Gasteiger partial charge in [0.15, 0.2) is 0 Å². The van der Waals surface area contributed by atoms with Gasteiger partial charge in [0.1, 0.15) is 5.82 Å². The maximum absolute atomic E-state index is 13.6. The molecular weight excluding hydrogens is 269 g/mol. The van der Waals surface area contributed by atoms with E-state index in [4.69, 9.17) is 10.9 Å². The van der Waals surface area contributed by atoms with Gasteiger partial charge in [0.05, 0.1) is 10.6 Å². The number of primary sulfonamides is 1. The molecule has 0 saturated heterocycles. The molecule has 1 rings (SSSR count). The van der Waals surface area contributed by atoms with Crippen LogP contribution in [-0.2, 0) is 10.0 Å². The summed E-state index contributed by atoms with van der Waals surface area (Å²) in [5, 5.41) is 7.85. The second-order valence-corrected chi connectivity index (χ2v) is 5.88. The number of rotatable bonds is 8. The summed E-state index contributed by atoms with van der Waals surface area (Å²) >= 11 is 0. The van der Waals surface area contributed by atoms with Crippen molar-refractivity contribution in [3.05, 3.63) is 24.0 Å². The molecule has 0 saturated carbocycles. The van der Waals surface area contributed by atoms with Crippen LogP contribution in [0.3, 0.4) is 0 Å². The van der Waals surface area contributed by atoms with E-state index in [1.807, 2.05) is 0 Å². The van der Waals surface area contributed by atoms with Gasteiger partial charge in [0, 0.05) is 6.54 Å². The topological polar surface area (TPSA) is 98.2 Å². The van der Waals surface area contributed by atoms with Crippen molar-refractivity contribution in [2.24, 2.45) is 10.9 Å². The van der Waals surface area contributed by atoms with Crippen LogP contribution >= 0.6 is 0 Å². The van der Waals surface area contributed by atoms with E-state index in [0.29, 0.717) is 13.1 Å². The number of halogens is 1. The minimum Gasteiger partial charge on any atom is -0.383 e. The standard InChI is InChI=1S/C12H20FN3O2S/c13-11-9-10(19(15,17)18)5-6-12(11)16-8-4-2-1-3-7-14/h5-6,9,16H,1-4,7-8,14H2,(H2,15,17,18). The maximum Gasteiger partial charge on any atom is 0.238 e. The first-order valence-corrected chi connectivity index (χ1v) is 7.76. The Kier molecular flexibility index (Phi) is 6.20. The smallest absolute Gasteiger partial charge is 0.238 e. The molecule has 0 spiro atoms. The molecule has 0 radical (unpaired) electrons. The fraction of sp³-hybridized carbons (Fsp3) is 0.500. The summed E-state index contributed by atoms with van der Waals surface area (Å²) < 4.78 is 35.7. The van der Waals surface area contributed by atoms with Crippen LogP contribution in [0.1, 0.15) is 25.7 Å². The van der Waals surface area contributed by atoms with Crippen LogP contribution in [0.15, 0.2) is 23.1 Å². The minimum atomic E-state index is -3.86. The van der Waals surface area contributed by atoms with E-state index in [9.17, 15) is 12.8 Å². The van der Waals surface area contributed by atoms with Crippen LogP contribution < -0.4 is 16.2 Å². The molecule has 0 aliphatic carbocycles. The molecule has 5 N–H and O–H groups in total. The molecule has 108 valence electrons. The summed E-state index contributed by atoms with van der Waals surface area (Å²) in [6, 6.07) is 3.59. The van der Waals surface area contributed by atoms with E-state index >= 15 is 0 Å². The third-order valence-corrected chi connectivity index (χ3v) is 3.63. The quantitative estimate of drug-likeness (QED) is 0.630. The highest BCUT2D eigenvalue weighted by molar-refractivity contribution is 7.89. The van der Waals surface area contributed by atoms with Crippen molar-refractivity contribution < 1.29 is 12.8 Å². The Morgan fingerprint density at radius 1 is 1.16 bits per heavy atom. The Bertz CT molecular complexity index is 506. The Hall–Kier alpha value is -1.18. The van der Waals surface area contributed by atoms with Gasteiger partial charge < -0.3 is 11.1 Å². The lowest BCUT2D eigenvalue weighted by Crippen LogP contribution is -2.13. The summed E-state index contributed by atoms with van der Waals surface area (Å²) in [6.07, 6.45) is 4.00. The number of hydrogen-bond donors (Lipinski definition) is 3. The highest BCUT2D eigenvalue weighted by atomic mass is 32.2. The van der Waals surface area contributed by atoms with Crippen LogP contribution in [0.4, 0.5) is 10.1 Å². The zero-order chi connectivity index (χ0) is 14.3. The van der Waals surface area contributed by atoms with Crippen LogP contribution in [0, 0.1) is 5.82 Å². The van der Waals surface area contributed by atoms with Crippen LogP contribution in [0.25, 0.3) is 0 Å². The Morgan fingerprint density at radius 3 is 2.42 bits per heavy atom. The predicted octanol–water partition coefficient (Wildman–Crippen LogP) is 1.40. The first kappa shape index (κ1) is 15.9. The fourth-order valence-corrected chi connectivity index (χ4v) is 2.19. The van der Waals surface area contributed by atoms with E-state index in [-0.39, 0.29) is 10.6 Å². The molecule has 1 aromatic carbocycles. The van der Waals surface area contributed by atoms with Crippen molar-refractivity contribution in [1.82, 2.24) is 0 Å². The molecule has 0 unspecified atom stereocenters. The number of unbranched alkanes of at least 4 members (excludes halogenated alkanes) is 3. The maximum atomic E-state index is 13.6. The lowest BCUT2D eigenvalue weighted by Gasteiger charge is -2.08. The zero-order valence-electron chi connectivity index (χ0n) is 10.7. The predicted molar refractivity (Wildman–Crippen MR) is 73.8 cm³/mol. The summed E-state index contributed by atoms with van der Waals surface area (Å²) in [7, 11) is -3.86. The first-order chi connectivity index (χ1) is 8.95. The highest BCUT2D eigenvalue weighted by Crippen LogP contribution is 2.18. The number of hydrogen-bond acceptors (Lipinski definition) is 4. The minimum absolute atomic E-state index is 0.224. The van der Waals surface area contributed by atoms with Crippen molar-refractivity contribution in [3.63, 3.8) is 0 Å². The molecule has 19 heavy (non-hydrogen) atoms. The molecule has 0 amide bonds. The van der Waals surface area contributed by atoms with E-state index in [1.165, 1.54) is 12.1 Å².